The van der Waals surface area contributed by atoms with E-state index in [0.717, 1.165) is 17.0 Å². The molecular weight excluding hydrogens is 308 g/mol. The van der Waals surface area contributed by atoms with Crippen LogP contribution in [-0.2, 0) is 9.53 Å². The monoisotopic (exact) mass is 328 g/mol. The Morgan fingerprint density at radius 3 is 2.57 bits per heavy atom. The summed E-state index contributed by atoms with van der Waals surface area (Å²) in [6.07, 6.45) is -0.335. The van der Waals surface area contributed by atoms with Crippen molar-refractivity contribution in [3.63, 3.8) is 0 Å². The van der Waals surface area contributed by atoms with E-state index in [4.69, 9.17) is 4.74 Å². The fraction of sp³-hybridized carbons (Fsp3) is 0.467. The van der Waals surface area contributed by atoms with Gasteiger partial charge in [-0.3, -0.25) is 9.69 Å². The molecule has 2 amide bonds. The van der Waals surface area contributed by atoms with Crippen LogP contribution < -0.4 is 10.2 Å². The lowest BCUT2D eigenvalue weighted by Gasteiger charge is -2.31. The van der Waals surface area contributed by atoms with Crippen molar-refractivity contribution in [2.24, 2.45) is 0 Å². The number of ether oxygens (including phenoxy) is 1. The van der Waals surface area contributed by atoms with Gasteiger partial charge in [0.05, 0.1) is 32.8 Å². The number of hydrogen-bond acceptors (Lipinski definition) is 3. The molecule has 8 heteroatoms. The summed E-state index contributed by atoms with van der Waals surface area (Å²) in [6, 6.07) is 3.22. The second kappa shape index (κ2) is 7.87. The lowest BCUT2D eigenvalue weighted by Crippen LogP contribution is -3.15. The molecule has 1 aromatic rings. The van der Waals surface area contributed by atoms with Crippen LogP contribution in [0.4, 0.5) is 19.3 Å². The first kappa shape index (κ1) is 17.1. The van der Waals surface area contributed by atoms with E-state index in [1.54, 1.807) is 11.8 Å². The van der Waals surface area contributed by atoms with Gasteiger partial charge < -0.3 is 15.0 Å². The highest BCUT2D eigenvalue weighted by Crippen LogP contribution is 2.12. The minimum absolute atomic E-state index is 0.204. The van der Waals surface area contributed by atoms with Crippen LogP contribution in [0.15, 0.2) is 18.2 Å². The maximum atomic E-state index is 13.1. The molecular formula is C15H20F2N3O3+. The topological polar surface area (TPSA) is 63.1 Å². The molecule has 0 atom stereocenters. The molecule has 0 unspecified atom stereocenters. The molecule has 6 nitrogen and oxygen atoms in total. The number of carbonyl (C=O) groups is 2. The van der Waals surface area contributed by atoms with Crippen molar-refractivity contribution in [2.75, 3.05) is 44.6 Å². The Labute approximate surface area is 133 Å². The average molecular weight is 328 g/mol. The van der Waals surface area contributed by atoms with Crippen molar-refractivity contribution in [2.45, 2.75) is 6.92 Å². The van der Waals surface area contributed by atoms with Crippen LogP contribution >= 0.6 is 0 Å². The van der Waals surface area contributed by atoms with Crippen molar-refractivity contribution >= 4 is 17.7 Å². The van der Waals surface area contributed by atoms with Crippen LogP contribution in [0.2, 0.25) is 0 Å². The Balaban J connectivity index is 1.78. The Kier molecular flexibility index (Phi) is 5.86. The molecule has 23 heavy (non-hydrogen) atoms. The summed E-state index contributed by atoms with van der Waals surface area (Å²) in [4.78, 5) is 26.1. The van der Waals surface area contributed by atoms with Crippen LogP contribution in [-0.4, -0.2) is 56.2 Å². The van der Waals surface area contributed by atoms with Gasteiger partial charge in [-0.2, -0.15) is 0 Å². The number of halogens is 2. The summed E-state index contributed by atoms with van der Waals surface area (Å²) in [5.41, 5.74) is 0.221. The minimum Gasteiger partial charge on any atom is -0.450 e. The molecule has 0 aliphatic carbocycles. The molecule has 0 spiro atoms. The summed E-state index contributed by atoms with van der Waals surface area (Å²) in [5, 5.41) is 2.54. The second-order valence-electron chi connectivity index (χ2n) is 5.29. The molecule has 0 bridgehead atoms. The molecule has 0 radical (unpaired) electrons. The van der Waals surface area contributed by atoms with Gasteiger partial charge in [-0.25, -0.2) is 13.6 Å². The van der Waals surface area contributed by atoms with Crippen LogP contribution in [0.5, 0.6) is 0 Å². The van der Waals surface area contributed by atoms with Gasteiger partial charge in [0.1, 0.15) is 0 Å². The van der Waals surface area contributed by atoms with Gasteiger partial charge in [0.2, 0.25) is 0 Å². The van der Waals surface area contributed by atoms with E-state index >= 15 is 0 Å². The maximum Gasteiger partial charge on any atom is 0.410 e. The number of nitrogens with one attached hydrogen (secondary N) is 2. The Morgan fingerprint density at radius 1 is 1.26 bits per heavy atom. The van der Waals surface area contributed by atoms with E-state index < -0.39 is 11.6 Å². The number of rotatable bonds is 4. The number of piperazine rings is 1. The maximum absolute atomic E-state index is 13.1. The third-order valence-electron chi connectivity index (χ3n) is 3.61. The van der Waals surface area contributed by atoms with Crippen molar-refractivity contribution in [3.8, 4) is 0 Å². The molecule has 1 saturated heterocycles. The number of anilines is 1. The van der Waals surface area contributed by atoms with Gasteiger partial charge in [-0.15, -0.1) is 0 Å². The number of nitrogens with zero attached hydrogens (tertiary/aromatic N) is 1. The Hall–Kier alpha value is -2.22. The van der Waals surface area contributed by atoms with Gasteiger partial charge in [-0.1, -0.05) is 0 Å². The van der Waals surface area contributed by atoms with E-state index in [9.17, 15) is 18.4 Å². The fourth-order valence-corrected chi connectivity index (χ4v) is 2.40. The minimum atomic E-state index is -1.00. The zero-order valence-electron chi connectivity index (χ0n) is 12.9. The highest BCUT2D eigenvalue weighted by atomic mass is 19.2. The normalized spacial score (nSPS) is 15.3. The van der Waals surface area contributed by atoms with Gasteiger partial charge in [0.15, 0.2) is 18.2 Å². The summed E-state index contributed by atoms with van der Waals surface area (Å²) >= 11 is 0. The van der Waals surface area contributed by atoms with E-state index in [1.807, 2.05) is 0 Å². The van der Waals surface area contributed by atoms with Crippen molar-refractivity contribution in [3.05, 3.63) is 29.8 Å². The highest BCUT2D eigenvalue weighted by molar-refractivity contribution is 5.91. The quantitative estimate of drug-likeness (QED) is 0.833. The Morgan fingerprint density at radius 2 is 1.96 bits per heavy atom. The SMILES string of the molecule is CCOC(=O)N1CC[NH+](CC(=O)Nc2ccc(F)c(F)c2)CC1. The molecule has 1 fully saturated rings. The fourth-order valence-electron chi connectivity index (χ4n) is 2.40. The summed E-state index contributed by atoms with van der Waals surface area (Å²) in [7, 11) is 0. The Bertz CT molecular complexity index is 575. The van der Waals surface area contributed by atoms with Crippen LogP contribution in [0.25, 0.3) is 0 Å². The molecule has 0 saturated carbocycles. The summed E-state index contributed by atoms with van der Waals surface area (Å²) in [5.74, 6) is -2.24. The van der Waals surface area contributed by atoms with Gasteiger partial charge in [-0.05, 0) is 19.1 Å². The van der Waals surface area contributed by atoms with Gasteiger partial charge in [0.25, 0.3) is 5.91 Å². The van der Waals surface area contributed by atoms with E-state index in [-0.39, 0.29) is 24.2 Å². The van der Waals surface area contributed by atoms with Crippen molar-refractivity contribution in [1.29, 1.82) is 0 Å². The predicted octanol–water partition coefficient (Wildman–Crippen LogP) is 0.260. The van der Waals surface area contributed by atoms with Crippen molar-refractivity contribution in [1.82, 2.24) is 4.90 Å². The first-order valence-corrected chi connectivity index (χ1v) is 7.49. The summed E-state index contributed by atoms with van der Waals surface area (Å²) in [6.45, 7) is 4.59. The first-order valence-electron chi connectivity index (χ1n) is 7.49. The number of quaternary nitrogens is 1. The molecule has 1 aromatic carbocycles. The number of hydrogen-bond donors (Lipinski definition) is 2. The third kappa shape index (κ3) is 4.88. The summed E-state index contributed by atoms with van der Waals surface area (Å²) < 4.78 is 30.9. The molecule has 2 rings (SSSR count). The average Bonchev–Trinajstić information content (AvgIpc) is 2.52. The lowest BCUT2D eigenvalue weighted by molar-refractivity contribution is -0.895. The second-order valence-corrected chi connectivity index (χ2v) is 5.29. The number of amides is 2. The van der Waals surface area contributed by atoms with E-state index in [0.29, 0.717) is 32.8 Å². The largest absolute Gasteiger partial charge is 0.450 e. The zero-order valence-corrected chi connectivity index (χ0v) is 12.9. The highest BCUT2D eigenvalue weighted by Gasteiger charge is 2.25. The molecule has 1 aliphatic heterocycles. The first-order chi connectivity index (χ1) is 11.0. The zero-order chi connectivity index (χ0) is 16.8. The molecule has 1 heterocycles. The van der Waals surface area contributed by atoms with Gasteiger partial charge >= 0.3 is 6.09 Å². The standard InChI is InChI=1S/C15H19F2N3O3/c1-2-23-15(22)20-7-5-19(6-8-20)10-14(21)18-11-3-4-12(16)13(17)9-11/h3-4,9H,2,5-8,10H2,1H3,(H,18,21)/p+1. The van der Waals surface area contributed by atoms with E-state index in [2.05, 4.69) is 5.32 Å². The molecule has 2 N–H and O–H groups in total. The third-order valence-corrected chi connectivity index (χ3v) is 3.61. The molecule has 126 valence electrons. The smallest absolute Gasteiger partial charge is 0.410 e. The molecule has 0 aromatic heterocycles. The number of carbonyl (C=O) groups excluding carboxylic acids is 2. The van der Waals surface area contributed by atoms with Crippen LogP contribution in [0, 0.1) is 11.6 Å². The lowest BCUT2D eigenvalue weighted by atomic mass is 10.3. The molecule has 1 aliphatic rings. The predicted molar refractivity (Wildman–Crippen MR) is 79.1 cm³/mol. The van der Waals surface area contributed by atoms with E-state index in [1.165, 1.54) is 6.07 Å². The van der Waals surface area contributed by atoms with Gasteiger partial charge in [0, 0.05) is 11.8 Å². The number of benzene rings is 1. The van der Waals surface area contributed by atoms with Crippen molar-refractivity contribution < 1.29 is 28.0 Å². The van der Waals surface area contributed by atoms with Crippen LogP contribution in [0.1, 0.15) is 6.92 Å². The van der Waals surface area contributed by atoms with Crippen LogP contribution in [0.3, 0.4) is 0 Å².